The van der Waals surface area contributed by atoms with Crippen LogP contribution in [0.15, 0.2) is 17.2 Å². The highest BCUT2D eigenvalue weighted by atomic mass is 35.5. The van der Waals surface area contributed by atoms with Gasteiger partial charge in [0.05, 0.1) is 0 Å². The summed E-state index contributed by atoms with van der Waals surface area (Å²) in [7, 11) is 0. The van der Waals surface area contributed by atoms with Crippen LogP contribution in [0.1, 0.15) is 33.6 Å². The zero-order chi connectivity index (χ0) is 13.5. The minimum atomic E-state index is -0.0563. The summed E-state index contributed by atoms with van der Waals surface area (Å²) >= 11 is 5.74. The summed E-state index contributed by atoms with van der Waals surface area (Å²) in [4.78, 5) is 16.3. The topological polar surface area (TPSA) is 46.9 Å². The summed E-state index contributed by atoms with van der Waals surface area (Å²) in [6.07, 6.45) is 5.15. The Balaban J connectivity index is 2.86. The minimum absolute atomic E-state index is 0.0563. The van der Waals surface area contributed by atoms with Crippen LogP contribution in [0.25, 0.3) is 0 Å². The van der Waals surface area contributed by atoms with Gasteiger partial charge in [0, 0.05) is 30.9 Å². The highest BCUT2D eigenvalue weighted by molar-refractivity contribution is 6.17. The molecule has 5 heteroatoms. The standard InChI is InChI=1S/C13H22ClN3O/c1-4-11(5-6-14)16-12-13(18)17(8-7-15-12)9-10(2)3/h7-8,10-11H,4-6,9H2,1-3H3,(H,15,16). The van der Waals surface area contributed by atoms with E-state index < -0.39 is 0 Å². The van der Waals surface area contributed by atoms with Gasteiger partial charge in [0.25, 0.3) is 5.56 Å². The van der Waals surface area contributed by atoms with Crippen LogP contribution in [0.3, 0.4) is 0 Å². The summed E-state index contributed by atoms with van der Waals surface area (Å²) in [5.74, 6) is 1.44. The fourth-order valence-corrected chi connectivity index (χ4v) is 2.05. The van der Waals surface area contributed by atoms with Crippen LogP contribution >= 0.6 is 11.6 Å². The first-order chi connectivity index (χ1) is 8.58. The Labute approximate surface area is 113 Å². The fourth-order valence-electron chi connectivity index (χ4n) is 1.79. The molecule has 18 heavy (non-hydrogen) atoms. The summed E-state index contributed by atoms with van der Waals surface area (Å²) in [6, 6.07) is 0.206. The average molecular weight is 272 g/mol. The molecule has 0 aliphatic carbocycles. The van der Waals surface area contributed by atoms with E-state index in [2.05, 4.69) is 31.1 Å². The summed E-state index contributed by atoms with van der Waals surface area (Å²) in [6.45, 7) is 6.95. The Kier molecular flexibility index (Phi) is 6.19. The van der Waals surface area contributed by atoms with Crippen molar-refractivity contribution >= 4 is 17.4 Å². The second kappa shape index (κ2) is 7.41. The molecule has 0 aromatic carbocycles. The van der Waals surface area contributed by atoms with E-state index in [-0.39, 0.29) is 11.6 Å². The number of nitrogens with one attached hydrogen (secondary N) is 1. The molecule has 0 saturated heterocycles. The molecule has 1 aromatic heterocycles. The Morgan fingerprint density at radius 3 is 2.78 bits per heavy atom. The van der Waals surface area contributed by atoms with Crippen LogP contribution in [-0.2, 0) is 6.54 Å². The molecule has 1 aromatic rings. The van der Waals surface area contributed by atoms with Gasteiger partial charge >= 0.3 is 0 Å². The minimum Gasteiger partial charge on any atom is -0.363 e. The van der Waals surface area contributed by atoms with Crippen molar-refractivity contribution in [2.24, 2.45) is 5.92 Å². The van der Waals surface area contributed by atoms with Gasteiger partial charge in [0.2, 0.25) is 0 Å². The molecule has 0 bridgehead atoms. The van der Waals surface area contributed by atoms with Crippen molar-refractivity contribution in [1.82, 2.24) is 9.55 Å². The second-order valence-corrected chi connectivity index (χ2v) is 5.23. The van der Waals surface area contributed by atoms with E-state index in [1.807, 2.05) is 0 Å². The molecule has 1 rings (SSSR count). The molecular formula is C13H22ClN3O. The molecule has 0 fully saturated rings. The maximum absolute atomic E-state index is 12.2. The number of rotatable bonds is 7. The van der Waals surface area contributed by atoms with Gasteiger partial charge in [-0.25, -0.2) is 4.98 Å². The molecule has 0 aliphatic heterocycles. The molecule has 0 saturated carbocycles. The molecule has 0 radical (unpaired) electrons. The molecule has 4 nitrogen and oxygen atoms in total. The monoisotopic (exact) mass is 271 g/mol. The number of alkyl halides is 1. The number of anilines is 1. The van der Waals surface area contributed by atoms with Gasteiger partial charge in [-0.2, -0.15) is 0 Å². The van der Waals surface area contributed by atoms with Crippen molar-refractivity contribution in [3.63, 3.8) is 0 Å². The lowest BCUT2D eigenvalue weighted by Gasteiger charge is -2.17. The van der Waals surface area contributed by atoms with Crippen LogP contribution < -0.4 is 10.9 Å². The zero-order valence-electron chi connectivity index (χ0n) is 11.3. The normalized spacial score (nSPS) is 12.7. The summed E-state index contributed by atoms with van der Waals surface area (Å²) < 4.78 is 1.70. The van der Waals surface area contributed by atoms with Crippen LogP contribution in [0.5, 0.6) is 0 Å². The molecule has 1 unspecified atom stereocenters. The lowest BCUT2D eigenvalue weighted by molar-refractivity contribution is 0.509. The largest absolute Gasteiger partial charge is 0.363 e. The zero-order valence-corrected chi connectivity index (χ0v) is 12.1. The molecule has 0 aliphatic rings. The van der Waals surface area contributed by atoms with E-state index in [1.54, 1.807) is 17.0 Å². The number of nitrogens with zero attached hydrogens (tertiary/aromatic N) is 2. The van der Waals surface area contributed by atoms with Crippen LogP contribution in [0, 0.1) is 5.92 Å². The number of hydrogen-bond donors (Lipinski definition) is 1. The first-order valence-corrected chi connectivity index (χ1v) is 6.99. The van der Waals surface area contributed by atoms with Crippen molar-refractivity contribution in [2.75, 3.05) is 11.2 Å². The Hall–Kier alpha value is -1.03. The molecule has 1 heterocycles. The lowest BCUT2D eigenvalue weighted by atomic mass is 10.2. The van der Waals surface area contributed by atoms with Gasteiger partial charge in [-0.15, -0.1) is 11.6 Å². The van der Waals surface area contributed by atoms with E-state index in [0.29, 0.717) is 24.2 Å². The van der Waals surface area contributed by atoms with E-state index in [1.165, 1.54) is 0 Å². The Bertz CT molecular complexity index is 417. The molecule has 102 valence electrons. The summed E-state index contributed by atoms with van der Waals surface area (Å²) in [5, 5.41) is 3.18. The highest BCUT2D eigenvalue weighted by Gasteiger charge is 2.10. The van der Waals surface area contributed by atoms with Crippen molar-refractivity contribution in [3.8, 4) is 0 Å². The van der Waals surface area contributed by atoms with Crippen LogP contribution in [-0.4, -0.2) is 21.5 Å². The quantitative estimate of drug-likeness (QED) is 0.776. The molecule has 1 N–H and O–H groups in total. The van der Waals surface area contributed by atoms with Crippen molar-refractivity contribution in [3.05, 3.63) is 22.7 Å². The number of hydrogen-bond acceptors (Lipinski definition) is 3. The van der Waals surface area contributed by atoms with Crippen molar-refractivity contribution in [1.29, 1.82) is 0 Å². The average Bonchev–Trinajstić information content (AvgIpc) is 2.32. The maximum Gasteiger partial charge on any atom is 0.293 e. The number of halogens is 1. The van der Waals surface area contributed by atoms with Crippen molar-refractivity contribution < 1.29 is 0 Å². The molecular weight excluding hydrogens is 250 g/mol. The highest BCUT2D eigenvalue weighted by Crippen LogP contribution is 2.06. The third kappa shape index (κ3) is 4.33. The Morgan fingerprint density at radius 1 is 1.50 bits per heavy atom. The van der Waals surface area contributed by atoms with Gasteiger partial charge in [-0.05, 0) is 18.8 Å². The first kappa shape index (κ1) is 15.0. The lowest BCUT2D eigenvalue weighted by Crippen LogP contribution is -2.30. The van der Waals surface area contributed by atoms with Crippen LogP contribution in [0.2, 0.25) is 0 Å². The summed E-state index contributed by atoms with van der Waals surface area (Å²) in [5.41, 5.74) is -0.0563. The SMILES string of the molecule is CCC(CCCl)Nc1nccn(CC(C)C)c1=O. The molecule has 1 atom stereocenters. The molecule has 0 amide bonds. The van der Waals surface area contributed by atoms with Crippen molar-refractivity contribution in [2.45, 2.75) is 46.2 Å². The van der Waals surface area contributed by atoms with Gasteiger partial charge in [-0.1, -0.05) is 20.8 Å². The second-order valence-electron chi connectivity index (χ2n) is 4.85. The first-order valence-electron chi connectivity index (χ1n) is 6.46. The van der Waals surface area contributed by atoms with Gasteiger partial charge in [-0.3, -0.25) is 4.79 Å². The fraction of sp³-hybridized carbons (Fsp3) is 0.692. The van der Waals surface area contributed by atoms with Crippen LogP contribution in [0.4, 0.5) is 5.82 Å². The van der Waals surface area contributed by atoms with Gasteiger partial charge < -0.3 is 9.88 Å². The van der Waals surface area contributed by atoms with E-state index in [9.17, 15) is 4.79 Å². The third-order valence-corrected chi connectivity index (χ3v) is 2.98. The predicted octanol–water partition coefficient (Wildman–Crippen LogP) is 2.72. The smallest absolute Gasteiger partial charge is 0.293 e. The molecule has 0 spiro atoms. The van der Waals surface area contributed by atoms with E-state index in [4.69, 9.17) is 11.6 Å². The number of aromatic nitrogens is 2. The van der Waals surface area contributed by atoms with E-state index >= 15 is 0 Å². The third-order valence-electron chi connectivity index (χ3n) is 2.77. The maximum atomic E-state index is 12.2. The van der Waals surface area contributed by atoms with Gasteiger partial charge in [0.1, 0.15) is 0 Å². The van der Waals surface area contributed by atoms with E-state index in [0.717, 1.165) is 12.8 Å². The van der Waals surface area contributed by atoms with Gasteiger partial charge in [0.15, 0.2) is 5.82 Å². The Morgan fingerprint density at radius 2 is 2.22 bits per heavy atom. The predicted molar refractivity (Wildman–Crippen MR) is 76.4 cm³/mol.